The molecule has 1 saturated carbocycles. The Morgan fingerprint density at radius 2 is 1.90 bits per heavy atom. The molecule has 0 saturated heterocycles. The summed E-state index contributed by atoms with van der Waals surface area (Å²) in [6.45, 7) is 1.39. The number of rotatable bonds is 7. The molecule has 0 bridgehead atoms. The van der Waals surface area contributed by atoms with Crippen molar-refractivity contribution in [2.45, 2.75) is 50.7 Å². The van der Waals surface area contributed by atoms with Crippen molar-refractivity contribution in [1.29, 1.82) is 0 Å². The van der Waals surface area contributed by atoms with Crippen molar-refractivity contribution < 1.29 is 9.53 Å². The molecule has 0 spiro atoms. The van der Waals surface area contributed by atoms with E-state index in [1.54, 1.807) is 0 Å². The molecule has 2 rings (SSSR count). The summed E-state index contributed by atoms with van der Waals surface area (Å²) in [6, 6.07) is 10.2. The predicted octanol–water partition coefficient (Wildman–Crippen LogP) is 2.02. The molecule has 1 fully saturated rings. The molecule has 1 aliphatic rings. The van der Waals surface area contributed by atoms with Crippen molar-refractivity contribution in [2.75, 3.05) is 13.2 Å². The Hall–Kier alpha value is -1.39. The van der Waals surface area contributed by atoms with Crippen LogP contribution in [0.2, 0.25) is 0 Å². The summed E-state index contributed by atoms with van der Waals surface area (Å²) in [5, 5.41) is 2.94. The lowest BCUT2D eigenvalue weighted by Gasteiger charge is -2.26. The van der Waals surface area contributed by atoms with Gasteiger partial charge in [-0.2, -0.15) is 0 Å². The van der Waals surface area contributed by atoms with E-state index in [9.17, 15) is 4.79 Å². The van der Waals surface area contributed by atoms with Gasteiger partial charge in [-0.1, -0.05) is 30.3 Å². The predicted molar refractivity (Wildman–Crippen MR) is 84.0 cm³/mol. The first kappa shape index (κ1) is 16.0. The molecule has 1 aromatic rings. The van der Waals surface area contributed by atoms with Gasteiger partial charge in [-0.25, -0.2) is 0 Å². The lowest BCUT2D eigenvalue weighted by Crippen LogP contribution is -2.31. The number of hydrogen-bond donors (Lipinski definition) is 2. The van der Waals surface area contributed by atoms with Gasteiger partial charge in [0.15, 0.2) is 0 Å². The average molecular weight is 290 g/mol. The molecule has 1 aromatic carbocycles. The van der Waals surface area contributed by atoms with Crippen LogP contribution in [0.1, 0.15) is 37.7 Å². The van der Waals surface area contributed by atoms with E-state index in [4.69, 9.17) is 10.5 Å². The fraction of sp³-hybridized carbons (Fsp3) is 0.588. The number of nitrogens with two attached hydrogens (primary N) is 1. The number of nitrogens with one attached hydrogen (secondary N) is 1. The minimum Gasteiger partial charge on any atom is -0.378 e. The van der Waals surface area contributed by atoms with E-state index < -0.39 is 0 Å². The Morgan fingerprint density at radius 1 is 1.19 bits per heavy atom. The third kappa shape index (κ3) is 6.27. The highest BCUT2D eigenvalue weighted by Gasteiger charge is 2.18. The van der Waals surface area contributed by atoms with Crippen molar-refractivity contribution in [3.63, 3.8) is 0 Å². The second-order valence-electron chi connectivity index (χ2n) is 5.77. The van der Waals surface area contributed by atoms with E-state index in [0.29, 0.717) is 31.7 Å². The van der Waals surface area contributed by atoms with Crippen LogP contribution in [0, 0.1) is 0 Å². The van der Waals surface area contributed by atoms with E-state index in [1.165, 1.54) is 0 Å². The van der Waals surface area contributed by atoms with E-state index in [0.717, 1.165) is 37.7 Å². The average Bonchev–Trinajstić information content (AvgIpc) is 2.50. The summed E-state index contributed by atoms with van der Waals surface area (Å²) >= 11 is 0. The number of hydrogen-bond acceptors (Lipinski definition) is 3. The molecule has 1 amide bonds. The van der Waals surface area contributed by atoms with Crippen LogP contribution in [0.25, 0.3) is 0 Å². The zero-order valence-corrected chi connectivity index (χ0v) is 12.6. The summed E-state index contributed by atoms with van der Waals surface area (Å²) < 4.78 is 5.82. The number of ether oxygens (including phenoxy) is 1. The second-order valence-corrected chi connectivity index (χ2v) is 5.77. The number of benzene rings is 1. The van der Waals surface area contributed by atoms with Gasteiger partial charge in [0.25, 0.3) is 0 Å². The van der Waals surface area contributed by atoms with Crippen LogP contribution in [-0.2, 0) is 16.0 Å². The van der Waals surface area contributed by atoms with Gasteiger partial charge in [0.2, 0.25) is 5.91 Å². The molecule has 0 aromatic heterocycles. The maximum Gasteiger partial charge on any atom is 0.224 e. The smallest absolute Gasteiger partial charge is 0.224 e. The monoisotopic (exact) mass is 290 g/mol. The van der Waals surface area contributed by atoms with E-state index in [1.807, 2.05) is 30.3 Å². The number of amides is 1. The molecule has 0 atom stereocenters. The molecule has 4 heteroatoms. The van der Waals surface area contributed by atoms with Crippen molar-refractivity contribution in [1.82, 2.24) is 5.32 Å². The molecule has 4 nitrogen and oxygen atoms in total. The summed E-state index contributed by atoms with van der Waals surface area (Å²) in [6.07, 6.45) is 5.95. The number of carbonyl (C=O) groups excluding carboxylic acids is 1. The molecule has 1 aliphatic carbocycles. The minimum absolute atomic E-state index is 0.0739. The molecule has 0 heterocycles. The molecule has 3 N–H and O–H groups in total. The maximum atomic E-state index is 11.7. The summed E-state index contributed by atoms with van der Waals surface area (Å²) in [4.78, 5) is 11.7. The van der Waals surface area contributed by atoms with Gasteiger partial charge in [-0.15, -0.1) is 0 Å². The molecule has 116 valence electrons. The van der Waals surface area contributed by atoms with Gasteiger partial charge in [0, 0.05) is 19.2 Å². The van der Waals surface area contributed by atoms with Crippen LogP contribution in [0.3, 0.4) is 0 Å². The molecule has 21 heavy (non-hydrogen) atoms. The van der Waals surface area contributed by atoms with Crippen molar-refractivity contribution in [3.05, 3.63) is 35.9 Å². The van der Waals surface area contributed by atoms with Crippen LogP contribution in [-0.4, -0.2) is 31.2 Å². The topological polar surface area (TPSA) is 64.3 Å². The zero-order chi connectivity index (χ0) is 14.9. The van der Waals surface area contributed by atoms with Crippen molar-refractivity contribution >= 4 is 5.91 Å². The quantitative estimate of drug-likeness (QED) is 0.755. The van der Waals surface area contributed by atoms with E-state index in [-0.39, 0.29) is 5.91 Å². The van der Waals surface area contributed by atoms with Crippen molar-refractivity contribution in [2.24, 2.45) is 5.73 Å². The fourth-order valence-corrected chi connectivity index (χ4v) is 2.65. The lowest BCUT2D eigenvalue weighted by atomic mass is 9.94. The first-order valence-electron chi connectivity index (χ1n) is 7.92. The molecule has 0 aliphatic heterocycles. The lowest BCUT2D eigenvalue weighted by molar-refractivity contribution is -0.120. The molecular formula is C17H26N2O2. The SMILES string of the molecule is NC1CCC(OCCCNC(=O)Cc2ccccc2)CC1. The first-order chi connectivity index (χ1) is 10.2. The zero-order valence-electron chi connectivity index (χ0n) is 12.6. The Bertz CT molecular complexity index is 414. The third-order valence-corrected chi connectivity index (χ3v) is 3.92. The molecule has 0 radical (unpaired) electrons. The molecular weight excluding hydrogens is 264 g/mol. The van der Waals surface area contributed by atoms with Gasteiger partial charge in [-0.05, 0) is 37.7 Å². The molecule has 0 unspecified atom stereocenters. The van der Waals surface area contributed by atoms with Gasteiger partial charge < -0.3 is 15.8 Å². The Labute approximate surface area is 127 Å². The van der Waals surface area contributed by atoms with Crippen LogP contribution < -0.4 is 11.1 Å². The summed E-state index contributed by atoms with van der Waals surface area (Å²) in [5.74, 6) is 0.0739. The highest BCUT2D eigenvalue weighted by Crippen LogP contribution is 2.19. The largest absolute Gasteiger partial charge is 0.378 e. The van der Waals surface area contributed by atoms with Crippen LogP contribution in [0.4, 0.5) is 0 Å². The van der Waals surface area contributed by atoms with Gasteiger partial charge in [0.1, 0.15) is 0 Å². The highest BCUT2D eigenvalue weighted by molar-refractivity contribution is 5.78. The Balaban J connectivity index is 1.50. The highest BCUT2D eigenvalue weighted by atomic mass is 16.5. The standard InChI is InChI=1S/C17H26N2O2/c18-15-7-9-16(10-8-15)21-12-4-11-19-17(20)13-14-5-2-1-3-6-14/h1-3,5-6,15-16H,4,7-13,18H2,(H,19,20). The van der Waals surface area contributed by atoms with Gasteiger partial charge in [-0.3, -0.25) is 4.79 Å². The summed E-state index contributed by atoms with van der Waals surface area (Å²) in [7, 11) is 0. The Morgan fingerprint density at radius 3 is 2.62 bits per heavy atom. The van der Waals surface area contributed by atoms with Crippen LogP contribution in [0.15, 0.2) is 30.3 Å². The van der Waals surface area contributed by atoms with Gasteiger partial charge >= 0.3 is 0 Å². The maximum absolute atomic E-state index is 11.7. The fourth-order valence-electron chi connectivity index (χ4n) is 2.65. The van der Waals surface area contributed by atoms with Crippen molar-refractivity contribution in [3.8, 4) is 0 Å². The normalized spacial score (nSPS) is 22.0. The summed E-state index contributed by atoms with van der Waals surface area (Å²) in [5.41, 5.74) is 6.91. The van der Waals surface area contributed by atoms with Gasteiger partial charge in [0.05, 0.1) is 12.5 Å². The van der Waals surface area contributed by atoms with E-state index in [2.05, 4.69) is 5.32 Å². The third-order valence-electron chi connectivity index (χ3n) is 3.92. The Kier molecular flexibility index (Phi) is 6.70. The van der Waals surface area contributed by atoms with Crippen LogP contribution in [0.5, 0.6) is 0 Å². The second kappa shape index (κ2) is 8.80. The first-order valence-corrected chi connectivity index (χ1v) is 7.92. The van der Waals surface area contributed by atoms with Crippen LogP contribution >= 0.6 is 0 Å². The minimum atomic E-state index is 0.0739. The van der Waals surface area contributed by atoms with E-state index >= 15 is 0 Å². The number of carbonyl (C=O) groups is 1.